The summed E-state index contributed by atoms with van der Waals surface area (Å²) in [6.07, 6.45) is 0.445. The van der Waals surface area contributed by atoms with Gasteiger partial charge in [-0.25, -0.2) is 9.79 Å². The van der Waals surface area contributed by atoms with Gasteiger partial charge in [0.15, 0.2) is 0 Å². The number of ether oxygens (including phenoxy) is 1. The molecule has 1 aromatic heterocycles. The van der Waals surface area contributed by atoms with Gasteiger partial charge in [-0.15, -0.1) is 22.9 Å². The molecule has 0 radical (unpaired) electrons. The van der Waals surface area contributed by atoms with E-state index >= 15 is 0 Å². The van der Waals surface area contributed by atoms with E-state index in [2.05, 4.69) is 4.99 Å². The Balaban J connectivity index is 2.66. The van der Waals surface area contributed by atoms with Crippen LogP contribution < -0.4 is 5.73 Å². The Kier molecular flexibility index (Phi) is 4.86. The van der Waals surface area contributed by atoms with E-state index in [0.29, 0.717) is 33.7 Å². The third-order valence-electron chi connectivity index (χ3n) is 2.60. The number of carbonyl (C=O) groups excluding carboxylic acids is 1. The van der Waals surface area contributed by atoms with E-state index in [0.717, 1.165) is 10.1 Å². The topological polar surface area (TPSA) is 64.7 Å². The average molecular weight is 331 g/mol. The molecule has 0 spiro atoms. The Morgan fingerprint density at radius 1 is 1.50 bits per heavy atom. The second-order valence-corrected chi connectivity index (χ2v) is 5.82. The molecule has 4 nitrogen and oxygen atoms in total. The summed E-state index contributed by atoms with van der Waals surface area (Å²) in [5, 5.41) is 1.35. The van der Waals surface area contributed by atoms with Crippen LogP contribution in [-0.2, 0) is 4.74 Å². The summed E-state index contributed by atoms with van der Waals surface area (Å²) < 4.78 is 5.68. The average Bonchev–Trinajstić information content (AvgIpc) is 2.76. The summed E-state index contributed by atoms with van der Waals surface area (Å²) in [7, 11) is 1.33. The van der Waals surface area contributed by atoms with Crippen LogP contribution in [0.3, 0.4) is 0 Å². The molecule has 106 valence electrons. The van der Waals surface area contributed by atoms with Gasteiger partial charge in [0.25, 0.3) is 0 Å². The number of carbonyl (C=O) groups is 1. The fraction of sp³-hybridized carbons (Fsp3) is 0.231. The molecule has 0 amide bonds. The Morgan fingerprint density at radius 2 is 2.25 bits per heavy atom. The number of amidine groups is 1. The number of fused-ring (bicyclic) bond motifs is 1. The highest BCUT2D eigenvalue weighted by Crippen LogP contribution is 2.39. The maximum absolute atomic E-state index is 11.8. The number of nitrogens with zero attached hydrogens (tertiary/aromatic N) is 1. The molecule has 1 aromatic carbocycles. The van der Waals surface area contributed by atoms with E-state index in [-0.39, 0.29) is 0 Å². The van der Waals surface area contributed by atoms with Gasteiger partial charge in [-0.1, -0.05) is 11.6 Å². The van der Waals surface area contributed by atoms with Crippen molar-refractivity contribution in [3.8, 4) is 0 Å². The van der Waals surface area contributed by atoms with Crippen LogP contribution in [0.15, 0.2) is 23.2 Å². The van der Waals surface area contributed by atoms with Gasteiger partial charge in [0.1, 0.15) is 10.7 Å². The van der Waals surface area contributed by atoms with Crippen molar-refractivity contribution < 1.29 is 9.53 Å². The Hall–Kier alpha value is -1.30. The van der Waals surface area contributed by atoms with Crippen molar-refractivity contribution >= 4 is 62.1 Å². The van der Waals surface area contributed by atoms with Crippen LogP contribution in [0.25, 0.3) is 10.1 Å². The zero-order valence-corrected chi connectivity index (χ0v) is 13.0. The Morgan fingerprint density at radius 3 is 2.90 bits per heavy atom. The number of methoxy groups -OCH3 is 1. The molecule has 0 saturated heterocycles. The molecule has 7 heteroatoms. The summed E-state index contributed by atoms with van der Waals surface area (Å²) in [6.45, 7) is 0. The van der Waals surface area contributed by atoms with Gasteiger partial charge in [0.2, 0.25) is 0 Å². The smallest absolute Gasteiger partial charge is 0.350 e. The van der Waals surface area contributed by atoms with Crippen LogP contribution in [0.5, 0.6) is 0 Å². The van der Waals surface area contributed by atoms with Gasteiger partial charge >= 0.3 is 5.97 Å². The highest BCUT2D eigenvalue weighted by Gasteiger charge is 2.19. The highest BCUT2D eigenvalue weighted by atomic mass is 35.5. The van der Waals surface area contributed by atoms with Crippen LogP contribution in [-0.4, -0.2) is 24.8 Å². The van der Waals surface area contributed by atoms with Crippen molar-refractivity contribution in [2.75, 3.05) is 13.0 Å². The zero-order chi connectivity index (χ0) is 14.7. The lowest BCUT2D eigenvalue weighted by Gasteiger charge is -2.01. The van der Waals surface area contributed by atoms with Crippen molar-refractivity contribution in [2.24, 2.45) is 10.7 Å². The predicted molar refractivity (Wildman–Crippen MR) is 84.8 cm³/mol. The van der Waals surface area contributed by atoms with Crippen LogP contribution in [0.4, 0.5) is 5.69 Å². The minimum absolute atomic E-state index is 0.366. The van der Waals surface area contributed by atoms with Gasteiger partial charge in [-0.3, -0.25) is 0 Å². The first-order valence-corrected chi connectivity index (χ1v) is 7.49. The fourth-order valence-electron chi connectivity index (χ4n) is 1.70. The number of halogens is 2. The SMILES string of the molecule is COC(=O)c1sc2ccc(Cl)cc2c1/N=C(\N)CCCl. The maximum atomic E-state index is 11.8. The monoisotopic (exact) mass is 330 g/mol. The molecule has 0 bridgehead atoms. The molecule has 2 N–H and O–H groups in total. The molecule has 0 aliphatic rings. The van der Waals surface area contributed by atoms with Gasteiger partial charge in [0, 0.05) is 27.4 Å². The summed E-state index contributed by atoms with van der Waals surface area (Å²) in [4.78, 5) is 16.6. The van der Waals surface area contributed by atoms with E-state index in [1.807, 2.05) is 6.07 Å². The maximum Gasteiger partial charge on any atom is 0.350 e. The molecule has 20 heavy (non-hydrogen) atoms. The number of thiophene rings is 1. The zero-order valence-electron chi connectivity index (χ0n) is 10.7. The minimum atomic E-state index is -0.445. The van der Waals surface area contributed by atoms with Crippen molar-refractivity contribution in [3.05, 3.63) is 28.1 Å². The van der Waals surface area contributed by atoms with Gasteiger partial charge in [-0.2, -0.15) is 0 Å². The van der Waals surface area contributed by atoms with Gasteiger partial charge in [0.05, 0.1) is 12.8 Å². The molecule has 1 heterocycles. The molecular formula is C13H12Cl2N2O2S. The first-order valence-electron chi connectivity index (χ1n) is 5.76. The van der Waals surface area contributed by atoms with Crippen molar-refractivity contribution in [1.29, 1.82) is 0 Å². The van der Waals surface area contributed by atoms with E-state index in [9.17, 15) is 4.79 Å². The van der Waals surface area contributed by atoms with Crippen molar-refractivity contribution in [2.45, 2.75) is 6.42 Å². The van der Waals surface area contributed by atoms with E-state index in [1.165, 1.54) is 18.4 Å². The number of esters is 1. The summed E-state index contributed by atoms with van der Waals surface area (Å²) in [5.74, 6) is 0.288. The molecule has 0 unspecified atom stereocenters. The van der Waals surface area contributed by atoms with Crippen molar-refractivity contribution in [3.63, 3.8) is 0 Å². The predicted octanol–water partition coefficient (Wildman–Crippen LogP) is 3.96. The number of alkyl halides is 1. The lowest BCUT2D eigenvalue weighted by Crippen LogP contribution is -2.11. The van der Waals surface area contributed by atoms with Crippen LogP contribution in [0.2, 0.25) is 5.02 Å². The highest BCUT2D eigenvalue weighted by molar-refractivity contribution is 7.21. The first-order chi connectivity index (χ1) is 9.56. The molecule has 2 aromatic rings. The second kappa shape index (κ2) is 6.43. The molecule has 0 aliphatic heterocycles. The lowest BCUT2D eigenvalue weighted by molar-refractivity contribution is 0.0607. The Labute approximate surface area is 130 Å². The minimum Gasteiger partial charge on any atom is -0.465 e. The quantitative estimate of drug-likeness (QED) is 0.399. The molecule has 0 aliphatic carbocycles. The third kappa shape index (κ3) is 3.06. The van der Waals surface area contributed by atoms with Crippen LogP contribution >= 0.6 is 34.5 Å². The Bertz CT molecular complexity index is 682. The lowest BCUT2D eigenvalue weighted by atomic mass is 10.2. The number of nitrogens with two attached hydrogens (primary N) is 1. The van der Waals surface area contributed by atoms with E-state index < -0.39 is 5.97 Å². The number of benzene rings is 1. The van der Waals surface area contributed by atoms with Crippen LogP contribution in [0, 0.1) is 0 Å². The molecule has 0 fully saturated rings. The summed E-state index contributed by atoms with van der Waals surface area (Å²) in [5.41, 5.74) is 6.29. The second-order valence-electron chi connectivity index (χ2n) is 3.95. The van der Waals surface area contributed by atoms with Gasteiger partial charge < -0.3 is 10.5 Å². The van der Waals surface area contributed by atoms with Crippen LogP contribution in [0.1, 0.15) is 16.1 Å². The largest absolute Gasteiger partial charge is 0.465 e. The number of hydrogen-bond acceptors (Lipinski definition) is 4. The van der Waals surface area contributed by atoms with E-state index in [4.69, 9.17) is 33.7 Å². The van der Waals surface area contributed by atoms with Gasteiger partial charge in [-0.05, 0) is 18.2 Å². The summed E-state index contributed by atoms with van der Waals surface area (Å²) in [6, 6.07) is 5.36. The number of rotatable bonds is 4. The summed E-state index contributed by atoms with van der Waals surface area (Å²) >= 11 is 12.9. The molecule has 2 rings (SSSR count). The van der Waals surface area contributed by atoms with Crippen molar-refractivity contribution in [1.82, 2.24) is 0 Å². The number of hydrogen-bond donors (Lipinski definition) is 1. The molecule has 0 saturated carbocycles. The fourth-order valence-corrected chi connectivity index (χ4v) is 3.10. The first kappa shape index (κ1) is 15.1. The normalized spacial score (nSPS) is 11.8. The molecule has 0 atom stereocenters. The standard InChI is InChI=1S/C13H12Cl2N2O2S/c1-19-13(18)12-11(17-10(16)4-5-14)8-6-7(15)2-3-9(8)20-12/h2-3,6H,4-5H2,1H3,(H2,16,17). The third-order valence-corrected chi connectivity index (χ3v) is 4.16. The number of aliphatic imine (C=N–C) groups is 1. The molecular weight excluding hydrogens is 319 g/mol. The van der Waals surface area contributed by atoms with E-state index in [1.54, 1.807) is 12.1 Å².